The number of fused-ring (bicyclic) bond motifs is 1. The van der Waals surface area contributed by atoms with Gasteiger partial charge in [-0.05, 0) is 5.92 Å². The Hall–Kier alpha value is -1.76. The van der Waals surface area contributed by atoms with Crippen molar-refractivity contribution < 1.29 is 0 Å². The summed E-state index contributed by atoms with van der Waals surface area (Å²) in [6, 6.07) is -0.101. The third-order valence-corrected chi connectivity index (χ3v) is 3.38. The molecular formula is C11H18N6O. The summed E-state index contributed by atoms with van der Waals surface area (Å²) < 4.78 is 2.85. The first-order valence-corrected chi connectivity index (χ1v) is 6.05. The van der Waals surface area contributed by atoms with Crippen LogP contribution in [0.25, 0.3) is 11.0 Å². The summed E-state index contributed by atoms with van der Waals surface area (Å²) in [7, 11) is 1.73. The molecule has 7 heteroatoms. The molecule has 0 aliphatic heterocycles. The second kappa shape index (κ2) is 4.85. The molecule has 2 unspecified atom stereocenters. The number of aryl methyl sites for hydroxylation is 1. The molecule has 2 aromatic rings. The van der Waals surface area contributed by atoms with Crippen molar-refractivity contribution in [3.63, 3.8) is 0 Å². The van der Waals surface area contributed by atoms with Crippen LogP contribution in [-0.2, 0) is 13.6 Å². The normalized spacial score (nSPS) is 14.9. The predicted molar refractivity (Wildman–Crippen MR) is 68.0 cm³/mol. The highest BCUT2D eigenvalue weighted by Gasteiger charge is 2.15. The summed E-state index contributed by atoms with van der Waals surface area (Å²) in [5, 5.41) is 12.4. The van der Waals surface area contributed by atoms with Gasteiger partial charge in [0.2, 0.25) is 0 Å². The Bertz CT molecular complexity index is 601. The average Bonchev–Trinajstić information content (AvgIpc) is 2.74. The second-order valence-electron chi connectivity index (χ2n) is 4.63. The van der Waals surface area contributed by atoms with Gasteiger partial charge in [0.25, 0.3) is 5.56 Å². The molecule has 2 N–H and O–H groups in total. The first-order valence-electron chi connectivity index (χ1n) is 6.05. The Labute approximate surface area is 105 Å². The second-order valence-corrected chi connectivity index (χ2v) is 4.63. The lowest BCUT2D eigenvalue weighted by Gasteiger charge is -2.17. The summed E-state index contributed by atoms with van der Waals surface area (Å²) >= 11 is 0. The van der Waals surface area contributed by atoms with E-state index in [-0.39, 0.29) is 11.6 Å². The van der Waals surface area contributed by atoms with Crippen LogP contribution in [0.5, 0.6) is 0 Å². The lowest BCUT2D eigenvalue weighted by atomic mass is 10.0. The molecule has 0 aliphatic carbocycles. The van der Waals surface area contributed by atoms with Gasteiger partial charge in [-0.25, -0.2) is 9.36 Å². The number of aromatic nitrogens is 5. The van der Waals surface area contributed by atoms with E-state index in [2.05, 4.69) is 29.3 Å². The quantitative estimate of drug-likeness (QED) is 0.818. The van der Waals surface area contributed by atoms with Crippen LogP contribution in [0.15, 0.2) is 11.0 Å². The fraction of sp³-hybridized carbons (Fsp3) is 0.636. The van der Waals surface area contributed by atoms with E-state index < -0.39 is 0 Å². The smallest absolute Gasteiger partial charge is 0.280 e. The highest BCUT2D eigenvalue weighted by atomic mass is 16.1. The topological polar surface area (TPSA) is 91.6 Å². The van der Waals surface area contributed by atoms with Crippen molar-refractivity contribution >= 4 is 11.0 Å². The average molecular weight is 250 g/mol. The van der Waals surface area contributed by atoms with Crippen molar-refractivity contribution in [3.8, 4) is 0 Å². The molecule has 7 nitrogen and oxygen atoms in total. The zero-order valence-corrected chi connectivity index (χ0v) is 10.9. The molecule has 2 atom stereocenters. The molecule has 0 fully saturated rings. The van der Waals surface area contributed by atoms with E-state index in [9.17, 15) is 4.79 Å². The van der Waals surface area contributed by atoms with E-state index >= 15 is 0 Å². The molecular weight excluding hydrogens is 232 g/mol. The number of nitrogens with two attached hydrogens (primary N) is 1. The lowest BCUT2D eigenvalue weighted by molar-refractivity contribution is 0.368. The largest absolute Gasteiger partial charge is 0.326 e. The summed E-state index contributed by atoms with van der Waals surface area (Å²) in [6.07, 6.45) is 2.48. The maximum Gasteiger partial charge on any atom is 0.280 e. The molecule has 2 heterocycles. The van der Waals surface area contributed by atoms with Crippen LogP contribution in [0.2, 0.25) is 0 Å². The molecule has 2 aromatic heterocycles. The summed E-state index contributed by atoms with van der Waals surface area (Å²) in [4.78, 5) is 12.1. The standard InChI is InChI=1S/C11H18N6O/c1-4-7(2)9(12)6-17-11(18)8-5-13-16(3)10(8)14-15-17/h5,7,9H,4,6,12H2,1-3H3. The highest BCUT2D eigenvalue weighted by molar-refractivity contribution is 5.72. The maximum absolute atomic E-state index is 12.1. The van der Waals surface area contributed by atoms with Gasteiger partial charge >= 0.3 is 0 Å². The molecule has 18 heavy (non-hydrogen) atoms. The Morgan fingerprint density at radius 2 is 2.22 bits per heavy atom. The molecule has 0 saturated heterocycles. The van der Waals surface area contributed by atoms with Crippen LogP contribution in [0.3, 0.4) is 0 Å². The highest BCUT2D eigenvalue weighted by Crippen LogP contribution is 2.07. The molecule has 2 rings (SSSR count). The molecule has 0 saturated carbocycles. The maximum atomic E-state index is 12.1. The van der Waals surface area contributed by atoms with Gasteiger partial charge in [0.05, 0.1) is 12.7 Å². The zero-order chi connectivity index (χ0) is 13.3. The SMILES string of the molecule is CCC(C)C(N)Cn1nnc2c(cnn2C)c1=O. The van der Waals surface area contributed by atoms with E-state index in [0.717, 1.165) is 6.42 Å². The van der Waals surface area contributed by atoms with E-state index in [1.54, 1.807) is 7.05 Å². The van der Waals surface area contributed by atoms with Gasteiger partial charge in [0.15, 0.2) is 5.65 Å². The third kappa shape index (κ3) is 2.13. The molecule has 0 spiro atoms. The van der Waals surface area contributed by atoms with E-state index in [0.29, 0.717) is 23.5 Å². The van der Waals surface area contributed by atoms with Crippen molar-refractivity contribution in [2.45, 2.75) is 32.9 Å². The number of nitrogens with zero attached hydrogens (tertiary/aromatic N) is 5. The Morgan fingerprint density at radius 3 is 2.89 bits per heavy atom. The molecule has 0 aliphatic rings. The van der Waals surface area contributed by atoms with Crippen molar-refractivity contribution in [3.05, 3.63) is 16.6 Å². The first-order chi connectivity index (χ1) is 8.54. The molecule has 0 aromatic carbocycles. The van der Waals surface area contributed by atoms with Crippen LogP contribution >= 0.6 is 0 Å². The van der Waals surface area contributed by atoms with Crippen LogP contribution in [0.4, 0.5) is 0 Å². The minimum Gasteiger partial charge on any atom is -0.326 e. The lowest BCUT2D eigenvalue weighted by Crippen LogP contribution is -2.38. The molecule has 98 valence electrons. The molecule has 0 bridgehead atoms. The van der Waals surface area contributed by atoms with E-state index in [1.165, 1.54) is 15.6 Å². The molecule has 0 amide bonds. The minimum absolute atomic E-state index is 0.101. The number of hydrogen-bond acceptors (Lipinski definition) is 5. The van der Waals surface area contributed by atoms with E-state index in [4.69, 9.17) is 5.73 Å². The monoisotopic (exact) mass is 250 g/mol. The van der Waals surface area contributed by atoms with Gasteiger partial charge < -0.3 is 5.73 Å². The fourth-order valence-corrected chi connectivity index (χ4v) is 1.78. The Kier molecular flexibility index (Phi) is 3.42. The zero-order valence-electron chi connectivity index (χ0n) is 10.9. The van der Waals surface area contributed by atoms with Gasteiger partial charge in [-0.2, -0.15) is 5.10 Å². The van der Waals surface area contributed by atoms with Crippen molar-refractivity contribution in [2.75, 3.05) is 0 Å². The summed E-state index contributed by atoms with van der Waals surface area (Å²) in [6.45, 7) is 4.51. The van der Waals surface area contributed by atoms with Gasteiger partial charge in [-0.15, -0.1) is 5.10 Å². The number of rotatable bonds is 4. The molecule has 0 radical (unpaired) electrons. The van der Waals surface area contributed by atoms with Gasteiger partial charge in [0, 0.05) is 13.1 Å². The number of hydrogen-bond donors (Lipinski definition) is 1. The van der Waals surface area contributed by atoms with Crippen molar-refractivity contribution in [1.82, 2.24) is 24.8 Å². The van der Waals surface area contributed by atoms with Gasteiger partial charge in [-0.3, -0.25) is 4.79 Å². The van der Waals surface area contributed by atoms with Gasteiger partial charge in [0.1, 0.15) is 5.39 Å². The fourth-order valence-electron chi connectivity index (χ4n) is 1.78. The third-order valence-electron chi connectivity index (χ3n) is 3.38. The van der Waals surface area contributed by atoms with Crippen LogP contribution in [0.1, 0.15) is 20.3 Å². The summed E-state index contributed by atoms with van der Waals surface area (Å²) in [5.41, 5.74) is 6.34. The van der Waals surface area contributed by atoms with E-state index in [1.807, 2.05) is 0 Å². The Balaban J connectivity index is 2.35. The Morgan fingerprint density at radius 1 is 1.50 bits per heavy atom. The predicted octanol–water partition coefficient (Wildman–Crippen LogP) is -0.102. The summed E-state index contributed by atoms with van der Waals surface area (Å²) in [5.74, 6) is 0.336. The first kappa shape index (κ1) is 12.7. The van der Waals surface area contributed by atoms with Crippen molar-refractivity contribution in [1.29, 1.82) is 0 Å². The van der Waals surface area contributed by atoms with Crippen molar-refractivity contribution in [2.24, 2.45) is 18.7 Å². The minimum atomic E-state index is -0.188. The van der Waals surface area contributed by atoms with Crippen LogP contribution in [0, 0.1) is 5.92 Å². The van der Waals surface area contributed by atoms with Gasteiger partial charge in [-0.1, -0.05) is 25.5 Å². The van der Waals surface area contributed by atoms with Crippen LogP contribution < -0.4 is 11.3 Å². The van der Waals surface area contributed by atoms with Crippen LogP contribution in [-0.4, -0.2) is 30.8 Å².